The first kappa shape index (κ1) is 23.7. The lowest BCUT2D eigenvalue weighted by atomic mass is 9.93. The molecule has 3 amide bonds. The number of nitrogens with one attached hydrogen (secondary N) is 3. The maximum atomic E-state index is 12.2. The molecule has 2 heterocycles. The lowest BCUT2D eigenvalue weighted by Gasteiger charge is -2.20. The van der Waals surface area contributed by atoms with Crippen LogP contribution in [0.5, 0.6) is 0 Å². The third-order valence-corrected chi connectivity index (χ3v) is 5.28. The van der Waals surface area contributed by atoms with Crippen molar-refractivity contribution in [2.75, 3.05) is 18.4 Å². The van der Waals surface area contributed by atoms with E-state index in [-0.39, 0.29) is 30.1 Å². The van der Waals surface area contributed by atoms with Crippen molar-refractivity contribution >= 4 is 23.4 Å². The number of carbonyl (C=O) groups excluding carboxylic acids is 3. The van der Waals surface area contributed by atoms with Gasteiger partial charge < -0.3 is 20.5 Å². The molecule has 1 aliphatic carbocycles. The quantitative estimate of drug-likeness (QED) is 0.447. The molecule has 11 nitrogen and oxygen atoms in total. The highest BCUT2D eigenvalue weighted by Gasteiger charge is 2.26. The van der Waals surface area contributed by atoms with Crippen molar-refractivity contribution in [3.05, 3.63) is 65.9 Å². The van der Waals surface area contributed by atoms with E-state index in [9.17, 15) is 14.4 Å². The molecule has 2 aliphatic rings. The maximum Gasteiger partial charge on any atom is 0.276 e. The summed E-state index contributed by atoms with van der Waals surface area (Å²) in [6, 6.07) is 7.07. The van der Waals surface area contributed by atoms with Gasteiger partial charge in [-0.2, -0.15) is 4.98 Å². The monoisotopic (exact) mass is 475 g/mol. The molecule has 1 atom stereocenters. The van der Waals surface area contributed by atoms with E-state index in [0.717, 1.165) is 11.1 Å². The maximum absolute atomic E-state index is 12.2. The van der Waals surface area contributed by atoms with E-state index in [4.69, 9.17) is 4.52 Å². The summed E-state index contributed by atoms with van der Waals surface area (Å²) in [5.74, 6) is 0.460. The van der Waals surface area contributed by atoms with Gasteiger partial charge in [0.2, 0.25) is 23.5 Å². The zero-order chi connectivity index (χ0) is 24.6. The molecule has 1 aliphatic heterocycles. The lowest BCUT2D eigenvalue weighted by molar-refractivity contribution is -0.121. The molecule has 0 bridgehead atoms. The molecular weight excluding hydrogens is 450 g/mol. The number of nitrogens with zero attached hydrogens (tertiary/aromatic N) is 4. The Labute approximate surface area is 201 Å². The smallest absolute Gasteiger partial charge is 0.276 e. The van der Waals surface area contributed by atoms with Crippen molar-refractivity contribution in [1.29, 1.82) is 0 Å². The standard InChI is InChI=1S/C24H25N7O4/c1-15(32)27-17-9-7-16(8-10-17)22-28-21(35-31-22)12-11-20(33)25-13-4-14-26-23-18-5-2-3-6-19(18)24(34)30-29-23/h2-3,5-10,19,26H,4,11-14H2,1H3,(H,25,33)(H,27,32). The Morgan fingerprint density at radius 2 is 1.91 bits per heavy atom. The fourth-order valence-electron chi connectivity index (χ4n) is 3.55. The largest absolute Gasteiger partial charge is 0.368 e. The summed E-state index contributed by atoms with van der Waals surface area (Å²) in [5, 5.41) is 20.3. The van der Waals surface area contributed by atoms with E-state index in [1.807, 2.05) is 18.2 Å². The van der Waals surface area contributed by atoms with Crippen molar-refractivity contribution in [3.63, 3.8) is 0 Å². The minimum Gasteiger partial charge on any atom is -0.368 e. The Morgan fingerprint density at radius 3 is 2.71 bits per heavy atom. The fraction of sp³-hybridized carbons (Fsp3) is 0.292. The van der Waals surface area contributed by atoms with Gasteiger partial charge in [0.1, 0.15) is 0 Å². The number of carbonyl (C=O) groups is 3. The van der Waals surface area contributed by atoms with Crippen LogP contribution in [0.25, 0.3) is 11.4 Å². The number of amides is 3. The van der Waals surface area contributed by atoms with E-state index in [0.29, 0.717) is 49.2 Å². The van der Waals surface area contributed by atoms with Crippen molar-refractivity contribution in [3.8, 4) is 11.4 Å². The summed E-state index contributed by atoms with van der Waals surface area (Å²) in [5.41, 5.74) is 2.23. The van der Waals surface area contributed by atoms with E-state index in [1.54, 1.807) is 30.3 Å². The molecule has 0 spiro atoms. The normalized spacial score (nSPS) is 16.3. The zero-order valence-electron chi connectivity index (χ0n) is 19.2. The summed E-state index contributed by atoms with van der Waals surface area (Å²) < 4.78 is 5.25. The summed E-state index contributed by atoms with van der Waals surface area (Å²) in [7, 11) is 0. The van der Waals surface area contributed by atoms with Crippen LogP contribution in [0.3, 0.4) is 0 Å². The van der Waals surface area contributed by atoms with Crippen molar-refractivity contribution in [1.82, 2.24) is 20.8 Å². The Kier molecular flexibility index (Phi) is 7.56. The van der Waals surface area contributed by atoms with Crippen LogP contribution in [0.1, 0.15) is 25.7 Å². The number of aryl methyl sites for hydroxylation is 1. The number of fused-ring (bicyclic) bond motifs is 1. The number of rotatable bonds is 10. The molecule has 35 heavy (non-hydrogen) atoms. The summed E-state index contributed by atoms with van der Waals surface area (Å²) in [6.07, 6.45) is 8.56. The van der Waals surface area contributed by atoms with Crippen LogP contribution in [0.2, 0.25) is 0 Å². The van der Waals surface area contributed by atoms with E-state index < -0.39 is 0 Å². The second-order valence-corrected chi connectivity index (χ2v) is 7.96. The minimum atomic E-state index is -0.381. The molecule has 11 heteroatoms. The Hall–Kier alpha value is -4.41. The number of aromatic nitrogens is 2. The third-order valence-electron chi connectivity index (χ3n) is 5.28. The highest BCUT2D eigenvalue weighted by molar-refractivity contribution is 5.89. The molecule has 0 saturated heterocycles. The second-order valence-electron chi connectivity index (χ2n) is 7.96. The Balaban J connectivity index is 1.16. The Bertz CT molecular complexity index is 1220. The van der Waals surface area contributed by atoms with Gasteiger partial charge in [-0.15, -0.1) is 10.2 Å². The van der Waals surface area contributed by atoms with E-state index >= 15 is 0 Å². The van der Waals surface area contributed by atoms with Crippen LogP contribution in [0.15, 0.2) is 74.7 Å². The molecule has 3 N–H and O–H groups in total. The van der Waals surface area contributed by atoms with Crippen LogP contribution < -0.4 is 16.0 Å². The molecule has 1 unspecified atom stereocenters. The molecule has 4 rings (SSSR count). The summed E-state index contributed by atoms with van der Waals surface area (Å²) in [6.45, 7) is 2.50. The zero-order valence-corrected chi connectivity index (χ0v) is 19.2. The number of azo groups is 1. The number of hydrogen-bond acceptors (Lipinski definition) is 8. The molecule has 2 aromatic rings. The Morgan fingerprint density at radius 1 is 1.09 bits per heavy atom. The van der Waals surface area contributed by atoms with Crippen molar-refractivity contribution in [2.45, 2.75) is 26.2 Å². The van der Waals surface area contributed by atoms with Crippen LogP contribution in [0.4, 0.5) is 5.69 Å². The average Bonchev–Trinajstić information content (AvgIpc) is 3.33. The topological polar surface area (TPSA) is 151 Å². The first-order chi connectivity index (χ1) is 17.0. The van der Waals surface area contributed by atoms with Gasteiger partial charge in [0.25, 0.3) is 5.91 Å². The van der Waals surface area contributed by atoms with E-state index in [2.05, 4.69) is 36.3 Å². The van der Waals surface area contributed by atoms with Gasteiger partial charge in [-0.05, 0) is 30.7 Å². The first-order valence-electron chi connectivity index (χ1n) is 11.3. The fourth-order valence-corrected chi connectivity index (χ4v) is 3.55. The minimum absolute atomic E-state index is 0.116. The SMILES string of the molecule is CC(=O)Nc1ccc(-c2noc(CCC(=O)NCCCNC3=C4C=CC=CC4C(=O)N=N3)n2)cc1. The molecule has 0 saturated carbocycles. The number of allylic oxidation sites excluding steroid dienone is 3. The van der Waals surface area contributed by atoms with Gasteiger partial charge in [-0.1, -0.05) is 29.5 Å². The van der Waals surface area contributed by atoms with Gasteiger partial charge in [0.05, 0.1) is 5.92 Å². The summed E-state index contributed by atoms with van der Waals surface area (Å²) in [4.78, 5) is 39.4. The van der Waals surface area contributed by atoms with Crippen LogP contribution in [-0.4, -0.2) is 41.0 Å². The van der Waals surface area contributed by atoms with Crippen LogP contribution in [-0.2, 0) is 20.8 Å². The number of benzene rings is 1. The first-order valence-corrected chi connectivity index (χ1v) is 11.3. The number of hydrogen-bond donors (Lipinski definition) is 3. The third kappa shape index (κ3) is 6.34. The van der Waals surface area contributed by atoms with Gasteiger partial charge in [-0.3, -0.25) is 14.4 Å². The van der Waals surface area contributed by atoms with Gasteiger partial charge in [0, 0.05) is 49.7 Å². The molecule has 1 aromatic heterocycles. The van der Waals surface area contributed by atoms with Crippen LogP contribution >= 0.6 is 0 Å². The molecular formula is C24H25N7O4. The van der Waals surface area contributed by atoms with E-state index in [1.165, 1.54) is 6.92 Å². The van der Waals surface area contributed by atoms with Gasteiger partial charge in [-0.25, -0.2) is 0 Å². The molecule has 1 aromatic carbocycles. The predicted molar refractivity (Wildman–Crippen MR) is 127 cm³/mol. The average molecular weight is 476 g/mol. The highest BCUT2D eigenvalue weighted by atomic mass is 16.5. The predicted octanol–water partition coefficient (Wildman–Crippen LogP) is 2.67. The molecule has 0 radical (unpaired) electrons. The van der Waals surface area contributed by atoms with Gasteiger partial charge in [0.15, 0.2) is 5.82 Å². The molecule has 0 fully saturated rings. The van der Waals surface area contributed by atoms with Gasteiger partial charge >= 0.3 is 0 Å². The molecule has 180 valence electrons. The highest BCUT2D eigenvalue weighted by Crippen LogP contribution is 2.27. The number of anilines is 1. The second kappa shape index (κ2) is 11.1. The lowest BCUT2D eigenvalue weighted by Crippen LogP contribution is -2.28. The summed E-state index contributed by atoms with van der Waals surface area (Å²) >= 11 is 0. The van der Waals surface area contributed by atoms with Crippen LogP contribution in [0, 0.1) is 5.92 Å². The van der Waals surface area contributed by atoms with Crippen molar-refractivity contribution < 1.29 is 18.9 Å². The van der Waals surface area contributed by atoms with Crippen molar-refractivity contribution in [2.24, 2.45) is 16.1 Å².